The second-order valence-corrected chi connectivity index (χ2v) is 5.33. The van der Waals surface area contributed by atoms with Crippen molar-refractivity contribution < 1.29 is 9.59 Å². The summed E-state index contributed by atoms with van der Waals surface area (Å²) in [4.78, 5) is 24.8. The van der Waals surface area contributed by atoms with Gasteiger partial charge in [-0.25, -0.2) is 0 Å². The Labute approximate surface area is 140 Å². The molecule has 0 saturated heterocycles. The number of benzene rings is 1. The third-order valence-corrected chi connectivity index (χ3v) is 3.56. The second-order valence-electron chi connectivity index (χ2n) is 4.47. The highest BCUT2D eigenvalue weighted by atomic mass is 79.9. The molecular weight excluding hydrogens is 358 g/mol. The maximum atomic E-state index is 11.9. The van der Waals surface area contributed by atoms with Crippen molar-refractivity contribution in [1.29, 1.82) is 0 Å². The van der Waals surface area contributed by atoms with E-state index in [9.17, 15) is 9.59 Å². The Morgan fingerprint density at radius 2 is 1.95 bits per heavy atom. The normalized spacial score (nSPS) is 9.67. The van der Waals surface area contributed by atoms with E-state index < -0.39 is 0 Å². The number of hydrogen-bond acceptors (Lipinski definition) is 3. The summed E-state index contributed by atoms with van der Waals surface area (Å²) in [6, 6.07) is 7.80. The van der Waals surface area contributed by atoms with Crippen LogP contribution >= 0.6 is 28.3 Å². The van der Waals surface area contributed by atoms with Gasteiger partial charge in [0, 0.05) is 31.0 Å². The molecule has 2 amide bonds. The van der Waals surface area contributed by atoms with Crippen LogP contribution in [0.15, 0.2) is 28.7 Å². The number of likely N-dealkylation sites (N-methyl/N-ethyl adjacent to an activating group) is 1. The van der Waals surface area contributed by atoms with Crippen molar-refractivity contribution in [3.63, 3.8) is 0 Å². The van der Waals surface area contributed by atoms with E-state index in [1.807, 2.05) is 24.3 Å². The number of carbonyl (C=O) groups excluding carboxylic acids is 2. The molecule has 118 valence electrons. The summed E-state index contributed by atoms with van der Waals surface area (Å²) < 4.78 is 0.988. The van der Waals surface area contributed by atoms with E-state index in [4.69, 9.17) is 0 Å². The van der Waals surface area contributed by atoms with Crippen LogP contribution in [0.3, 0.4) is 0 Å². The van der Waals surface area contributed by atoms with E-state index in [1.54, 1.807) is 19.0 Å². The zero-order valence-electron chi connectivity index (χ0n) is 12.2. The molecule has 21 heavy (non-hydrogen) atoms. The molecular formula is C14H21BrClN3O2. The first kappa shape index (κ1) is 19.9. The van der Waals surface area contributed by atoms with Crippen molar-refractivity contribution in [2.75, 3.05) is 27.2 Å². The molecule has 0 saturated carbocycles. The largest absolute Gasteiger partial charge is 0.354 e. The molecule has 0 atom stereocenters. The van der Waals surface area contributed by atoms with Gasteiger partial charge in [-0.05, 0) is 18.7 Å². The molecule has 0 aliphatic heterocycles. The third-order valence-electron chi connectivity index (χ3n) is 2.79. The molecule has 0 aliphatic carbocycles. The molecule has 0 bridgehead atoms. The number of carbonyl (C=O) groups is 2. The molecule has 0 radical (unpaired) electrons. The zero-order valence-corrected chi connectivity index (χ0v) is 14.6. The van der Waals surface area contributed by atoms with Gasteiger partial charge in [-0.2, -0.15) is 0 Å². The van der Waals surface area contributed by atoms with Gasteiger partial charge in [-0.15, -0.1) is 12.4 Å². The lowest BCUT2D eigenvalue weighted by atomic mass is 10.2. The van der Waals surface area contributed by atoms with Crippen LogP contribution in [0, 0.1) is 0 Å². The fourth-order valence-corrected chi connectivity index (χ4v) is 2.10. The van der Waals surface area contributed by atoms with Gasteiger partial charge in [0.2, 0.25) is 11.8 Å². The van der Waals surface area contributed by atoms with E-state index in [-0.39, 0.29) is 30.8 Å². The van der Waals surface area contributed by atoms with E-state index in [0.29, 0.717) is 19.5 Å². The summed E-state index contributed by atoms with van der Waals surface area (Å²) in [7, 11) is 3.47. The molecule has 0 unspecified atom stereocenters. The summed E-state index contributed by atoms with van der Waals surface area (Å²) in [5.41, 5.74) is 1.06. The minimum Gasteiger partial charge on any atom is -0.354 e. The van der Waals surface area contributed by atoms with Crippen LogP contribution in [0.4, 0.5) is 0 Å². The van der Waals surface area contributed by atoms with Gasteiger partial charge in [0.25, 0.3) is 0 Å². The summed E-state index contributed by atoms with van der Waals surface area (Å²) >= 11 is 3.46. The number of rotatable bonds is 7. The number of halogens is 2. The van der Waals surface area contributed by atoms with E-state index in [0.717, 1.165) is 10.0 Å². The van der Waals surface area contributed by atoms with E-state index >= 15 is 0 Å². The smallest absolute Gasteiger partial charge is 0.233 e. The summed E-state index contributed by atoms with van der Waals surface area (Å²) in [5.74, 6) is -0.0979. The quantitative estimate of drug-likeness (QED) is 0.757. The maximum absolute atomic E-state index is 11.9. The Hall–Kier alpha value is -1.11. The van der Waals surface area contributed by atoms with Crippen LogP contribution in [0.5, 0.6) is 0 Å². The number of amides is 2. The molecule has 1 rings (SSSR count). The standard InChI is InChI=1S/C14H20BrN3O2.ClH/c1-16-9-13(19)17-8-7-14(20)18(2)10-11-5-3-4-6-12(11)15;/h3-6,16H,7-10H2,1-2H3,(H,17,19);1H. The Kier molecular flexibility index (Phi) is 10.0. The minimum absolute atomic E-state index is 0. The predicted octanol–water partition coefficient (Wildman–Crippen LogP) is 1.56. The second kappa shape index (κ2) is 10.6. The summed E-state index contributed by atoms with van der Waals surface area (Å²) in [6.07, 6.45) is 0.302. The van der Waals surface area contributed by atoms with Crippen LogP contribution in [0.1, 0.15) is 12.0 Å². The predicted molar refractivity (Wildman–Crippen MR) is 89.4 cm³/mol. The van der Waals surface area contributed by atoms with Gasteiger partial charge in [0.1, 0.15) is 0 Å². The van der Waals surface area contributed by atoms with Gasteiger partial charge >= 0.3 is 0 Å². The fourth-order valence-electron chi connectivity index (χ4n) is 1.69. The summed E-state index contributed by atoms with van der Waals surface area (Å²) in [5, 5.41) is 5.44. The number of nitrogens with zero attached hydrogens (tertiary/aromatic N) is 1. The van der Waals surface area contributed by atoms with Crippen LogP contribution in [-0.2, 0) is 16.1 Å². The molecule has 1 aromatic carbocycles. The first-order valence-corrected chi connectivity index (χ1v) is 7.22. The molecule has 5 nitrogen and oxygen atoms in total. The lowest BCUT2D eigenvalue weighted by Gasteiger charge is -2.18. The Balaban J connectivity index is 0.00000400. The highest BCUT2D eigenvalue weighted by molar-refractivity contribution is 9.10. The Morgan fingerprint density at radius 3 is 2.57 bits per heavy atom. The van der Waals surface area contributed by atoms with Gasteiger partial charge < -0.3 is 15.5 Å². The van der Waals surface area contributed by atoms with Crippen molar-refractivity contribution in [3.8, 4) is 0 Å². The van der Waals surface area contributed by atoms with Gasteiger partial charge in [0.05, 0.1) is 6.54 Å². The van der Waals surface area contributed by atoms with Gasteiger partial charge in [0.15, 0.2) is 0 Å². The first-order valence-electron chi connectivity index (χ1n) is 6.43. The molecule has 1 aromatic rings. The van der Waals surface area contributed by atoms with Gasteiger partial charge in [-0.3, -0.25) is 9.59 Å². The van der Waals surface area contributed by atoms with Crippen LogP contribution in [0.2, 0.25) is 0 Å². The average Bonchev–Trinajstić information content (AvgIpc) is 2.41. The molecule has 0 heterocycles. The molecule has 0 aliphatic rings. The third kappa shape index (κ3) is 7.45. The van der Waals surface area contributed by atoms with E-state index in [1.165, 1.54) is 0 Å². The van der Waals surface area contributed by atoms with Crippen LogP contribution < -0.4 is 10.6 Å². The van der Waals surface area contributed by atoms with Crippen LogP contribution in [-0.4, -0.2) is 43.9 Å². The molecule has 7 heteroatoms. The van der Waals surface area contributed by atoms with Crippen LogP contribution in [0.25, 0.3) is 0 Å². The maximum Gasteiger partial charge on any atom is 0.233 e. The summed E-state index contributed by atoms with van der Waals surface area (Å²) in [6.45, 7) is 1.17. The highest BCUT2D eigenvalue weighted by Crippen LogP contribution is 2.17. The lowest BCUT2D eigenvalue weighted by molar-refractivity contribution is -0.130. The van der Waals surface area contributed by atoms with Gasteiger partial charge in [-0.1, -0.05) is 34.1 Å². The van der Waals surface area contributed by atoms with E-state index in [2.05, 4.69) is 26.6 Å². The Morgan fingerprint density at radius 1 is 1.29 bits per heavy atom. The van der Waals surface area contributed by atoms with Crippen molar-refractivity contribution in [3.05, 3.63) is 34.3 Å². The topological polar surface area (TPSA) is 61.4 Å². The number of hydrogen-bond donors (Lipinski definition) is 2. The molecule has 2 N–H and O–H groups in total. The zero-order chi connectivity index (χ0) is 15.0. The van der Waals surface area contributed by atoms with Crippen molar-refractivity contribution in [2.45, 2.75) is 13.0 Å². The Bertz CT molecular complexity index is 471. The minimum atomic E-state index is -0.103. The average molecular weight is 379 g/mol. The molecule has 0 fully saturated rings. The SMILES string of the molecule is CNCC(=O)NCCC(=O)N(C)Cc1ccccc1Br.Cl. The highest BCUT2D eigenvalue weighted by Gasteiger charge is 2.11. The van der Waals surface area contributed by atoms with Crippen molar-refractivity contribution in [1.82, 2.24) is 15.5 Å². The monoisotopic (exact) mass is 377 g/mol. The number of nitrogens with one attached hydrogen (secondary N) is 2. The molecule has 0 spiro atoms. The fraction of sp³-hybridized carbons (Fsp3) is 0.429. The lowest BCUT2D eigenvalue weighted by Crippen LogP contribution is -2.35. The van der Waals surface area contributed by atoms with Crippen molar-refractivity contribution >= 4 is 40.2 Å². The van der Waals surface area contributed by atoms with Crippen molar-refractivity contribution in [2.24, 2.45) is 0 Å². The first-order chi connectivity index (χ1) is 9.54. The molecule has 0 aromatic heterocycles.